The molecule has 0 heterocycles. The number of halogens is 4. The Kier molecular flexibility index (Phi) is 4.81. The highest BCUT2D eigenvalue weighted by Gasteiger charge is 2.09. The summed E-state index contributed by atoms with van der Waals surface area (Å²) in [6.45, 7) is 0. The lowest BCUT2D eigenvalue weighted by Crippen LogP contribution is -2.12. The molecule has 19 heavy (non-hydrogen) atoms. The van der Waals surface area contributed by atoms with E-state index in [1.807, 2.05) is 6.07 Å². The molecule has 0 aliphatic carbocycles. The first-order chi connectivity index (χ1) is 8.97. The zero-order chi connectivity index (χ0) is 14.0. The van der Waals surface area contributed by atoms with E-state index in [-0.39, 0.29) is 10.9 Å². The second-order valence-electron chi connectivity index (χ2n) is 3.71. The summed E-state index contributed by atoms with van der Waals surface area (Å²) in [4.78, 5) is 12.0. The van der Waals surface area contributed by atoms with E-state index in [0.29, 0.717) is 11.3 Å². The highest BCUT2D eigenvalue weighted by Crippen LogP contribution is 2.23. The van der Waals surface area contributed by atoms with E-state index in [9.17, 15) is 9.18 Å². The Morgan fingerprint density at radius 2 is 2.00 bits per heavy atom. The molecule has 1 N–H and O–H groups in total. The predicted molar refractivity (Wildman–Crippen MR) is 86.2 cm³/mol. The van der Waals surface area contributed by atoms with Gasteiger partial charge in [0.25, 0.3) is 5.91 Å². The Morgan fingerprint density at radius 1 is 1.26 bits per heavy atom. The number of carbonyl (C=O) groups is 1. The van der Waals surface area contributed by atoms with Gasteiger partial charge in [-0.3, -0.25) is 4.79 Å². The lowest BCUT2D eigenvalue weighted by Gasteiger charge is -2.07. The molecule has 2 aromatic carbocycles. The molecule has 0 saturated carbocycles. The first kappa shape index (κ1) is 14.7. The van der Waals surface area contributed by atoms with Gasteiger partial charge >= 0.3 is 0 Å². The Bertz CT molecular complexity index is 651. The van der Waals surface area contributed by atoms with Gasteiger partial charge < -0.3 is 5.32 Å². The molecule has 2 rings (SSSR count). The Morgan fingerprint density at radius 3 is 2.63 bits per heavy atom. The van der Waals surface area contributed by atoms with Gasteiger partial charge in [-0.05, 0) is 74.9 Å². The first-order valence-electron chi connectivity index (χ1n) is 5.19. The second kappa shape index (κ2) is 6.19. The summed E-state index contributed by atoms with van der Waals surface area (Å²) in [6.07, 6.45) is 0. The number of anilines is 1. The van der Waals surface area contributed by atoms with Crippen molar-refractivity contribution in [2.75, 3.05) is 5.32 Å². The molecule has 2 nitrogen and oxygen atoms in total. The molecule has 1 amide bonds. The van der Waals surface area contributed by atoms with Crippen molar-refractivity contribution < 1.29 is 9.18 Å². The summed E-state index contributed by atoms with van der Waals surface area (Å²) in [6, 6.07) is 9.31. The molecule has 0 radical (unpaired) electrons. The van der Waals surface area contributed by atoms with E-state index in [0.717, 1.165) is 8.04 Å². The highest BCUT2D eigenvalue weighted by molar-refractivity contribution is 14.1. The topological polar surface area (TPSA) is 29.1 Å². The normalized spacial score (nSPS) is 10.3. The van der Waals surface area contributed by atoms with Crippen molar-refractivity contribution in [3.05, 3.63) is 60.8 Å². The zero-order valence-corrected chi connectivity index (χ0v) is 13.9. The van der Waals surface area contributed by atoms with Crippen LogP contribution in [-0.4, -0.2) is 5.91 Å². The number of rotatable bonds is 2. The van der Waals surface area contributed by atoms with Gasteiger partial charge in [-0.25, -0.2) is 4.39 Å². The minimum absolute atomic E-state index is 0.0727. The van der Waals surface area contributed by atoms with Crippen LogP contribution in [0.1, 0.15) is 10.4 Å². The van der Waals surface area contributed by atoms with E-state index in [4.69, 9.17) is 11.6 Å². The van der Waals surface area contributed by atoms with Gasteiger partial charge in [-0.15, -0.1) is 0 Å². The van der Waals surface area contributed by atoms with Crippen LogP contribution in [0.25, 0.3) is 0 Å². The summed E-state index contributed by atoms with van der Waals surface area (Å²) in [5.41, 5.74) is 0.957. The fourth-order valence-corrected chi connectivity index (χ4v) is 2.31. The third-order valence-corrected chi connectivity index (χ3v) is 4.99. The molecule has 0 bridgehead atoms. The molecule has 98 valence electrons. The maximum atomic E-state index is 13.0. The molecular formula is C13H7BrClFINO. The maximum Gasteiger partial charge on any atom is 0.255 e. The summed E-state index contributed by atoms with van der Waals surface area (Å²) in [7, 11) is 0. The quantitative estimate of drug-likeness (QED) is 0.629. The molecule has 0 aliphatic rings. The highest BCUT2D eigenvalue weighted by atomic mass is 127. The van der Waals surface area contributed by atoms with E-state index >= 15 is 0 Å². The maximum absolute atomic E-state index is 13.0. The molecule has 0 unspecified atom stereocenters. The van der Waals surface area contributed by atoms with E-state index in [2.05, 4.69) is 43.8 Å². The molecular weight excluding hydrogens is 447 g/mol. The van der Waals surface area contributed by atoms with Gasteiger partial charge in [0.2, 0.25) is 0 Å². The SMILES string of the molecule is O=C(Nc1ccc(I)c(Br)c1)c1ccc(F)c(Cl)c1. The number of carbonyl (C=O) groups excluding carboxylic acids is 1. The van der Waals surface area contributed by atoms with Crippen LogP contribution < -0.4 is 5.32 Å². The van der Waals surface area contributed by atoms with Gasteiger partial charge in [0, 0.05) is 19.3 Å². The summed E-state index contributed by atoms with van der Waals surface area (Å²) in [5, 5.41) is 2.65. The largest absolute Gasteiger partial charge is 0.322 e. The standard InChI is InChI=1S/C13H7BrClFINO/c14-9-6-8(2-4-12(9)17)18-13(19)7-1-3-11(16)10(15)5-7/h1-6H,(H,18,19). The Hall–Kier alpha value is -0.660. The summed E-state index contributed by atoms with van der Waals surface area (Å²) < 4.78 is 14.9. The Labute approximate surface area is 136 Å². The number of nitrogens with one attached hydrogen (secondary N) is 1. The van der Waals surface area contributed by atoms with E-state index in [1.54, 1.807) is 12.1 Å². The number of hydrogen-bond acceptors (Lipinski definition) is 1. The molecule has 6 heteroatoms. The van der Waals surface area contributed by atoms with Crippen LogP contribution in [0.15, 0.2) is 40.9 Å². The number of benzene rings is 2. The average Bonchev–Trinajstić information content (AvgIpc) is 2.37. The van der Waals surface area contributed by atoms with Gasteiger partial charge in [0.15, 0.2) is 0 Å². The summed E-state index contributed by atoms with van der Waals surface area (Å²) >= 11 is 11.2. The molecule has 0 aliphatic heterocycles. The van der Waals surface area contributed by atoms with Gasteiger partial charge in [-0.2, -0.15) is 0 Å². The van der Waals surface area contributed by atoms with Crippen molar-refractivity contribution in [1.29, 1.82) is 0 Å². The van der Waals surface area contributed by atoms with Crippen LogP contribution in [0.5, 0.6) is 0 Å². The van der Waals surface area contributed by atoms with Crippen molar-refractivity contribution >= 4 is 61.7 Å². The second-order valence-corrected chi connectivity index (χ2v) is 6.14. The third-order valence-electron chi connectivity index (χ3n) is 2.36. The molecule has 0 aromatic heterocycles. The molecule has 0 saturated heterocycles. The monoisotopic (exact) mass is 453 g/mol. The van der Waals surface area contributed by atoms with Gasteiger partial charge in [-0.1, -0.05) is 11.6 Å². The fourth-order valence-electron chi connectivity index (χ4n) is 1.41. The van der Waals surface area contributed by atoms with Crippen molar-refractivity contribution in [3.63, 3.8) is 0 Å². The van der Waals surface area contributed by atoms with Crippen molar-refractivity contribution in [1.82, 2.24) is 0 Å². The van der Waals surface area contributed by atoms with E-state index < -0.39 is 5.82 Å². The smallest absolute Gasteiger partial charge is 0.255 e. The molecule has 0 fully saturated rings. The predicted octanol–water partition coefficient (Wildman–Crippen LogP) is 5.10. The average molecular weight is 454 g/mol. The summed E-state index contributed by atoms with van der Waals surface area (Å²) in [5.74, 6) is -0.884. The molecule has 0 spiro atoms. The van der Waals surface area contributed by atoms with Crippen LogP contribution in [0.3, 0.4) is 0 Å². The van der Waals surface area contributed by atoms with Crippen LogP contribution in [0.2, 0.25) is 5.02 Å². The van der Waals surface area contributed by atoms with Crippen molar-refractivity contribution in [2.45, 2.75) is 0 Å². The van der Waals surface area contributed by atoms with E-state index in [1.165, 1.54) is 18.2 Å². The van der Waals surface area contributed by atoms with Crippen LogP contribution in [-0.2, 0) is 0 Å². The minimum atomic E-state index is -0.546. The van der Waals surface area contributed by atoms with Crippen LogP contribution in [0, 0.1) is 9.39 Å². The van der Waals surface area contributed by atoms with Gasteiger partial charge in [0.05, 0.1) is 5.02 Å². The third kappa shape index (κ3) is 3.67. The molecule has 0 atom stereocenters. The van der Waals surface area contributed by atoms with Crippen molar-refractivity contribution in [2.24, 2.45) is 0 Å². The number of hydrogen-bond donors (Lipinski definition) is 1. The zero-order valence-electron chi connectivity index (χ0n) is 9.38. The first-order valence-corrected chi connectivity index (χ1v) is 7.44. The Balaban J connectivity index is 2.20. The molecule has 2 aromatic rings. The fraction of sp³-hybridized carbons (Fsp3) is 0. The van der Waals surface area contributed by atoms with Gasteiger partial charge in [0.1, 0.15) is 5.82 Å². The lowest BCUT2D eigenvalue weighted by atomic mass is 10.2. The number of amides is 1. The van der Waals surface area contributed by atoms with Crippen LogP contribution in [0.4, 0.5) is 10.1 Å². The lowest BCUT2D eigenvalue weighted by molar-refractivity contribution is 0.102. The van der Waals surface area contributed by atoms with Crippen LogP contribution >= 0.6 is 50.1 Å². The minimum Gasteiger partial charge on any atom is -0.322 e. The van der Waals surface area contributed by atoms with Crippen molar-refractivity contribution in [3.8, 4) is 0 Å².